The van der Waals surface area contributed by atoms with Gasteiger partial charge in [-0.3, -0.25) is 0 Å². The Morgan fingerprint density at radius 1 is 1.25 bits per heavy atom. The van der Waals surface area contributed by atoms with E-state index in [1.54, 1.807) is 24.3 Å². The first-order chi connectivity index (χ1) is 7.58. The molecule has 90 valence electrons. The number of unbranched alkanes of at least 4 members (excludes halogenated alkanes) is 1. The number of nitrogens with one attached hydrogen (secondary N) is 1. The standard InChI is InChI=1S/C10H13BrINO2S/c11-9-5-1-2-6-10(9)16(14,15)13-8-4-3-7-12/h1-2,5-6,13H,3-4,7-8H2. The molecule has 0 aliphatic heterocycles. The van der Waals surface area contributed by atoms with Gasteiger partial charge in [0.1, 0.15) is 0 Å². The lowest BCUT2D eigenvalue weighted by Crippen LogP contribution is -2.25. The Kier molecular flexibility index (Phi) is 6.23. The largest absolute Gasteiger partial charge is 0.241 e. The van der Waals surface area contributed by atoms with Crippen molar-refractivity contribution in [2.75, 3.05) is 11.0 Å². The van der Waals surface area contributed by atoms with Crippen LogP contribution < -0.4 is 4.72 Å². The predicted octanol–water partition coefficient (Wildman–Crippen LogP) is 2.94. The third-order valence-corrected chi connectivity index (χ3v) is 5.21. The van der Waals surface area contributed by atoms with E-state index in [-0.39, 0.29) is 0 Å². The maximum Gasteiger partial charge on any atom is 0.241 e. The van der Waals surface area contributed by atoms with Crippen LogP contribution in [-0.2, 0) is 10.0 Å². The Balaban J connectivity index is 2.68. The van der Waals surface area contributed by atoms with Gasteiger partial charge >= 0.3 is 0 Å². The van der Waals surface area contributed by atoms with E-state index in [4.69, 9.17) is 0 Å². The first-order valence-corrected chi connectivity index (χ1v) is 8.68. The Morgan fingerprint density at radius 2 is 1.94 bits per heavy atom. The molecule has 1 aromatic carbocycles. The van der Waals surface area contributed by atoms with Gasteiger partial charge in [-0.25, -0.2) is 13.1 Å². The average Bonchev–Trinajstić information content (AvgIpc) is 2.25. The molecule has 0 radical (unpaired) electrons. The minimum Gasteiger partial charge on any atom is -0.211 e. The predicted molar refractivity (Wildman–Crippen MR) is 77.5 cm³/mol. The second kappa shape index (κ2) is 6.93. The molecule has 6 heteroatoms. The summed E-state index contributed by atoms with van der Waals surface area (Å²) in [5.41, 5.74) is 0. The summed E-state index contributed by atoms with van der Waals surface area (Å²) < 4.78 is 28.0. The van der Waals surface area contributed by atoms with Crippen LogP contribution in [0, 0.1) is 0 Å². The Bertz CT molecular complexity index is 436. The second-order valence-corrected chi connectivity index (χ2v) is 6.89. The van der Waals surface area contributed by atoms with Gasteiger partial charge in [-0.2, -0.15) is 0 Å². The molecule has 0 unspecified atom stereocenters. The molecule has 0 amide bonds. The van der Waals surface area contributed by atoms with E-state index < -0.39 is 10.0 Å². The van der Waals surface area contributed by atoms with Gasteiger partial charge in [-0.1, -0.05) is 34.7 Å². The smallest absolute Gasteiger partial charge is 0.211 e. The van der Waals surface area contributed by atoms with E-state index in [2.05, 4.69) is 43.2 Å². The lowest BCUT2D eigenvalue weighted by molar-refractivity contribution is 0.578. The number of rotatable bonds is 6. The van der Waals surface area contributed by atoms with Gasteiger partial charge in [0.25, 0.3) is 0 Å². The normalized spacial score (nSPS) is 11.6. The van der Waals surface area contributed by atoms with Gasteiger partial charge in [0.2, 0.25) is 10.0 Å². The van der Waals surface area contributed by atoms with E-state index in [1.165, 1.54) is 0 Å². The molecule has 1 rings (SSSR count). The number of halogens is 2. The van der Waals surface area contributed by atoms with Crippen LogP contribution in [0.4, 0.5) is 0 Å². The van der Waals surface area contributed by atoms with Crippen molar-refractivity contribution in [3.63, 3.8) is 0 Å². The molecule has 0 saturated carbocycles. The summed E-state index contributed by atoms with van der Waals surface area (Å²) in [6.07, 6.45) is 1.89. The van der Waals surface area contributed by atoms with E-state index in [0.29, 0.717) is 15.9 Å². The van der Waals surface area contributed by atoms with E-state index >= 15 is 0 Å². The summed E-state index contributed by atoms with van der Waals surface area (Å²) in [5, 5.41) is 0. The van der Waals surface area contributed by atoms with Gasteiger partial charge in [0.15, 0.2) is 0 Å². The molecular weight excluding hydrogens is 405 g/mol. The molecule has 0 bridgehead atoms. The molecule has 0 atom stereocenters. The fourth-order valence-electron chi connectivity index (χ4n) is 1.17. The average molecular weight is 418 g/mol. The fourth-order valence-corrected chi connectivity index (χ4v) is 3.78. The number of sulfonamides is 1. The van der Waals surface area contributed by atoms with Gasteiger partial charge in [0.05, 0.1) is 4.90 Å². The fraction of sp³-hybridized carbons (Fsp3) is 0.400. The van der Waals surface area contributed by atoms with Gasteiger partial charge < -0.3 is 0 Å². The minimum atomic E-state index is -3.37. The quantitative estimate of drug-likeness (QED) is 0.439. The van der Waals surface area contributed by atoms with Crippen LogP contribution in [0.2, 0.25) is 0 Å². The summed E-state index contributed by atoms with van der Waals surface area (Å²) in [4.78, 5) is 0.296. The number of alkyl halides is 1. The molecular formula is C10H13BrINO2S. The van der Waals surface area contributed by atoms with Gasteiger partial charge in [-0.15, -0.1) is 0 Å². The van der Waals surface area contributed by atoms with E-state index in [9.17, 15) is 8.42 Å². The highest BCUT2D eigenvalue weighted by Gasteiger charge is 2.15. The van der Waals surface area contributed by atoms with Crippen molar-refractivity contribution in [3.8, 4) is 0 Å². The summed E-state index contributed by atoms with van der Waals surface area (Å²) in [6, 6.07) is 6.81. The molecule has 0 aromatic heterocycles. The van der Waals surface area contributed by atoms with Crippen LogP contribution in [0.25, 0.3) is 0 Å². The Morgan fingerprint density at radius 3 is 2.56 bits per heavy atom. The van der Waals surface area contributed by atoms with Crippen molar-refractivity contribution in [2.24, 2.45) is 0 Å². The molecule has 16 heavy (non-hydrogen) atoms. The Labute approximate surface area is 118 Å². The van der Waals surface area contributed by atoms with Crippen molar-refractivity contribution >= 4 is 48.5 Å². The summed E-state index contributed by atoms with van der Waals surface area (Å²) >= 11 is 5.51. The molecule has 0 heterocycles. The van der Waals surface area contributed by atoms with Gasteiger partial charge in [0, 0.05) is 11.0 Å². The topological polar surface area (TPSA) is 46.2 Å². The SMILES string of the molecule is O=S(=O)(NCCCCI)c1ccccc1Br. The molecule has 0 spiro atoms. The molecule has 0 aliphatic carbocycles. The van der Waals surface area contributed by atoms with Crippen LogP contribution in [0.3, 0.4) is 0 Å². The minimum absolute atomic E-state index is 0.296. The number of benzene rings is 1. The molecule has 0 saturated heterocycles. The molecule has 1 aromatic rings. The summed E-state index contributed by atoms with van der Waals surface area (Å²) in [6.45, 7) is 0.493. The number of hydrogen-bond acceptors (Lipinski definition) is 2. The van der Waals surface area contributed by atoms with Gasteiger partial charge in [-0.05, 0) is 45.3 Å². The van der Waals surface area contributed by atoms with Crippen molar-refractivity contribution in [2.45, 2.75) is 17.7 Å². The molecule has 0 fully saturated rings. The van der Waals surface area contributed by atoms with E-state index in [1.807, 2.05) is 0 Å². The van der Waals surface area contributed by atoms with Crippen LogP contribution in [0.1, 0.15) is 12.8 Å². The highest BCUT2D eigenvalue weighted by Crippen LogP contribution is 2.20. The Hall–Kier alpha value is 0.340. The van der Waals surface area contributed by atoms with Crippen LogP contribution in [0.15, 0.2) is 33.6 Å². The lowest BCUT2D eigenvalue weighted by Gasteiger charge is -2.07. The van der Waals surface area contributed by atoms with Crippen molar-refractivity contribution in [1.29, 1.82) is 0 Å². The van der Waals surface area contributed by atoms with Crippen LogP contribution >= 0.6 is 38.5 Å². The molecule has 0 aliphatic rings. The summed E-state index contributed by atoms with van der Waals surface area (Å²) in [5.74, 6) is 0. The highest BCUT2D eigenvalue weighted by atomic mass is 127. The zero-order valence-electron chi connectivity index (χ0n) is 8.62. The first kappa shape index (κ1) is 14.4. The van der Waals surface area contributed by atoms with Crippen molar-refractivity contribution in [3.05, 3.63) is 28.7 Å². The lowest BCUT2D eigenvalue weighted by atomic mass is 10.3. The first-order valence-electron chi connectivity index (χ1n) is 4.88. The van der Waals surface area contributed by atoms with Crippen molar-refractivity contribution < 1.29 is 8.42 Å². The van der Waals surface area contributed by atoms with Crippen molar-refractivity contribution in [1.82, 2.24) is 4.72 Å². The van der Waals surface area contributed by atoms with E-state index in [0.717, 1.165) is 17.3 Å². The molecule has 3 nitrogen and oxygen atoms in total. The number of hydrogen-bond donors (Lipinski definition) is 1. The third-order valence-electron chi connectivity index (χ3n) is 1.98. The zero-order chi connectivity index (χ0) is 12.0. The highest BCUT2D eigenvalue weighted by molar-refractivity contribution is 14.1. The maximum atomic E-state index is 11.9. The molecule has 1 N–H and O–H groups in total. The zero-order valence-corrected chi connectivity index (χ0v) is 13.2. The second-order valence-electron chi connectivity index (χ2n) is 3.22. The third kappa shape index (κ3) is 4.31. The summed E-state index contributed by atoms with van der Waals surface area (Å²) in [7, 11) is -3.37. The van der Waals surface area contributed by atoms with Crippen LogP contribution in [-0.4, -0.2) is 19.4 Å². The maximum absolute atomic E-state index is 11.9. The van der Waals surface area contributed by atoms with Crippen LogP contribution in [0.5, 0.6) is 0 Å². The monoisotopic (exact) mass is 417 g/mol.